The summed E-state index contributed by atoms with van der Waals surface area (Å²) in [4.78, 5) is 26.3. The molecule has 6 nitrogen and oxygen atoms in total. The number of hydrogen-bond donors (Lipinski definition) is 0. The van der Waals surface area contributed by atoms with Crippen molar-refractivity contribution in [2.45, 2.75) is 34.2 Å². The Balaban J connectivity index is 2.07. The predicted molar refractivity (Wildman–Crippen MR) is 110 cm³/mol. The lowest BCUT2D eigenvalue weighted by Crippen LogP contribution is -2.35. The fourth-order valence-corrected chi connectivity index (χ4v) is 3.06. The minimum Gasteiger partial charge on any atom is -0.452 e. The molecule has 1 aromatic heterocycles. The summed E-state index contributed by atoms with van der Waals surface area (Å²) < 4.78 is 6.75. The molecule has 1 aromatic carbocycles. The smallest absolute Gasteiger partial charge is 0.343 e. The van der Waals surface area contributed by atoms with Crippen LogP contribution < -0.4 is 0 Å². The van der Waals surface area contributed by atoms with Gasteiger partial charge in [0, 0.05) is 13.1 Å². The maximum atomic E-state index is 12.5. The second-order valence-corrected chi connectivity index (χ2v) is 7.19. The highest BCUT2D eigenvalue weighted by molar-refractivity contribution is 6.32. The van der Waals surface area contributed by atoms with Crippen LogP contribution >= 0.6 is 11.6 Å². The quantitative estimate of drug-likeness (QED) is 0.497. The number of benzene rings is 1. The Morgan fingerprint density at radius 2 is 1.89 bits per heavy atom. The van der Waals surface area contributed by atoms with E-state index >= 15 is 0 Å². The van der Waals surface area contributed by atoms with Crippen molar-refractivity contribution in [1.29, 1.82) is 0 Å². The summed E-state index contributed by atoms with van der Waals surface area (Å²) in [6, 6.07) is 7.98. The van der Waals surface area contributed by atoms with Gasteiger partial charge in [-0.25, -0.2) is 9.48 Å². The van der Waals surface area contributed by atoms with Crippen LogP contribution in [0, 0.1) is 13.8 Å². The van der Waals surface area contributed by atoms with E-state index in [4.69, 9.17) is 16.3 Å². The molecule has 7 heteroatoms. The van der Waals surface area contributed by atoms with E-state index in [1.165, 1.54) is 0 Å². The van der Waals surface area contributed by atoms with Crippen molar-refractivity contribution in [2.24, 2.45) is 0 Å². The molecule has 0 atom stereocenters. The Bertz CT molecular complexity index is 872. The number of aryl methyl sites for hydroxylation is 2. The Hall–Kier alpha value is -2.60. The molecule has 0 N–H and O–H groups in total. The van der Waals surface area contributed by atoms with Crippen molar-refractivity contribution < 1.29 is 14.3 Å². The van der Waals surface area contributed by atoms with E-state index in [2.05, 4.69) is 11.7 Å². The average molecular weight is 404 g/mol. The Labute approximate surface area is 170 Å². The first-order chi connectivity index (χ1) is 13.2. The third kappa shape index (κ3) is 5.45. The topological polar surface area (TPSA) is 64.4 Å². The minimum absolute atomic E-state index is 0.185. The molecule has 0 spiro atoms. The molecule has 150 valence electrons. The Morgan fingerprint density at radius 1 is 1.25 bits per heavy atom. The molecule has 0 aliphatic carbocycles. The van der Waals surface area contributed by atoms with Gasteiger partial charge in [0.25, 0.3) is 5.91 Å². The first-order valence-electron chi connectivity index (χ1n) is 9.10. The molecule has 1 amide bonds. The number of aromatic nitrogens is 2. The largest absolute Gasteiger partial charge is 0.452 e. The van der Waals surface area contributed by atoms with Gasteiger partial charge < -0.3 is 9.64 Å². The van der Waals surface area contributed by atoms with Crippen LogP contribution in [0.1, 0.15) is 41.0 Å². The molecule has 0 fully saturated rings. The summed E-state index contributed by atoms with van der Waals surface area (Å²) in [5.74, 6) is -0.933. The van der Waals surface area contributed by atoms with Crippen LogP contribution in [0.15, 0.2) is 36.4 Å². The highest BCUT2D eigenvalue weighted by Gasteiger charge is 2.23. The van der Waals surface area contributed by atoms with Gasteiger partial charge in [-0.3, -0.25) is 4.79 Å². The molecule has 0 unspecified atom stereocenters. The number of nitrogens with zero attached hydrogens (tertiary/aromatic N) is 3. The van der Waals surface area contributed by atoms with Gasteiger partial charge in [-0.2, -0.15) is 5.10 Å². The summed E-state index contributed by atoms with van der Waals surface area (Å²) in [6.07, 6.45) is 0. The molecular formula is C21H26ClN3O3. The van der Waals surface area contributed by atoms with E-state index in [1.807, 2.05) is 45.0 Å². The van der Waals surface area contributed by atoms with Gasteiger partial charge in [0.1, 0.15) is 10.7 Å². The number of carbonyl (C=O) groups is 2. The number of ether oxygens (including phenoxy) is 1. The van der Waals surface area contributed by atoms with Gasteiger partial charge >= 0.3 is 5.97 Å². The first-order valence-corrected chi connectivity index (χ1v) is 9.48. The number of amides is 1. The minimum atomic E-state index is -0.655. The van der Waals surface area contributed by atoms with Gasteiger partial charge in [-0.1, -0.05) is 53.6 Å². The van der Waals surface area contributed by atoms with E-state index in [9.17, 15) is 9.59 Å². The highest BCUT2D eigenvalue weighted by atomic mass is 35.5. The fraction of sp³-hybridized carbons (Fsp3) is 0.381. The third-order valence-corrected chi connectivity index (χ3v) is 4.63. The van der Waals surface area contributed by atoms with Crippen LogP contribution in [-0.4, -0.2) is 46.3 Å². The normalized spacial score (nSPS) is 10.6. The maximum Gasteiger partial charge on any atom is 0.343 e. The fourth-order valence-electron chi connectivity index (χ4n) is 2.75. The number of carbonyl (C=O) groups excluding carboxylic acids is 2. The van der Waals surface area contributed by atoms with Gasteiger partial charge in [0.2, 0.25) is 0 Å². The first kappa shape index (κ1) is 21.7. The molecule has 1 heterocycles. The Kier molecular flexibility index (Phi) is 7.40. The summed E-state index contributed by atoms with van der Waals surface area (Å²) in [5, 5.41) is 4.54. The van der Waals surface area contributed by atoms with Crippen molar-refractivity contribution >= 4 is 23.5 Å². The summed E-state index contributed by atoms with van der Waals surface area (Å²) in [5.41, 5.74) is 3.68. The van der Waals surface area contributed by atoms with Gasteiger partial charge in [0.15, 0.2) is 6.61 Å². The van der Waals surface area contributed by atoms with Crippen LogP contribution in [0.25, 0.3) is 0 Å². The molecule has 0 aliphatic rings. The van der Waals surface area contributed by atoms with Crippen LogP contribution in [-0.2, 0) is 16.1 Å². The van der Waals surface area contributed by atoms with E-state index in [1.54, 1.807) is 16.5 Å². The zero-order valence-corrected chi connectivity index (χ0v) is 17.5. The van der Waals surface area contributed by atoms with Gasteiger partial charge in [0.05, 0.1) is 12.2 Å². The number of rotatable bonds is 8. The lowest BCUT2D eigenvalue weighted by atomic mass is 10.1. The second-order valence-electron chi connectivity index (χ2n) is 6.84. The van der Waals surface area contributed by atoms with E-state index in [0.29, 0.717) is 25.3 Å². The molecule has 0 aliphatic heterocycles. The summed E-state index contributed by atoms with van der Waals surface area (Å²) in [7, 11) is 0. The van der Waals surface area contributed by atoms with Crippen LogP contribution in [0.4, 0.5) is 0 Å². The van der Waals surface area contributed by atoms with Gasteiger partial charge in [-0.15, -0.1) is 0 Å². The molecule has 0 saturated heterocycles. The molecule has 0 saturated carbocycles. The monoisotopic (exact) mass is 403 g/mol. The van der Waals surface area contributed by atoms with Crippen LogP contribution in [0.3, 0.4) is 0 Å². The average Bonchev–Trinajstić information content (AvgIpc) is 2.92. The van der Waals surface area contributed by atoms with Crippen molar-refractivity contribution in [3.8, 4) is 0 Å². The van der Waals surface area contributed by atoms with Crippen LogP contribution in [0.5, 0.6) is 0 Å². The van der Waals surface area contributed by atoms with E-state index < -0.39 is 5.97 Å². The predicted octanol–water partition coefficient (Wildman–Crippen LogP) is 3.78. The SMILES string of the molecule is C=C(C)CN(CC)C(=O)COC(=O)c1c(C)nn(Cc2ccc(C)cc2)c1Cl. The lowest BCUT2D eigenvalue weighted by Gasteiger charge is -2.20. The Morgan fingerprint density at radius 3 is 2.46 bits per heavy atom. The van der Waals surface area contributed by atoms with Crippen molar-refractivity contribution in [1.82, 2.24) is 14.7 Å². The van der Waals surface area contributed by atoms with Crippen molar-refractivity contribution in [2.75, 3.05) is 19.7 Å². The molecule has 28 heavy (non-hydrogen) atoms. The molecular weight excluding hydrogens is 378 g/mol. The second kappa shape index (κ2) is 9.55. The van der Waals surface area contributed by atoms with Crippen LogP contribution in [0.2, 0.25) is 5.15 Å². The molecule has 2 aromatic rings. The molecule has 2 rings (SSSR count). The highest BCUT2D eigenvalue weighted by Crippen LogP contribution is 2.22. The van der Waals surface area contributed by atoms with Gasteiger partial charge in [-0.05, 0) is 33.3 Å². The summed E-state index contributed by atoms with van der Waals surface area (Å²) >= 11 is 6.37. The third-order valence-electron chi connectivity index (χ3n) is 4.24. The van der Waals surface area contributed by atoms with E-state index in [-0.39, 0.29) is 23.2 Å². The number of hydrogen-bond acceptors (Lipinski definition) is 4. The lowest BCUT2D eigenvalue weighted by molar-refractivity contribution is -0.133. The number of halogens is 1. The van der Waals surface area contributed by atoms with Crippen molar-refractivity contribution in [3.63, 3.8) is 0 Å². The molecule has 0 bridgehead atoms. The number of likely N-dealkylation sites (N-methyl/N-ethyl adjacent to an activating group) is 1. The van der Waals surface area contributed by atoms with E-state index in [0.717, 1.165) is 16.7 Å². The van der Waals surface area contributed by atoms with Crippen molar-refractivity contribution in [3.05, 3.63) is 64.0 Å². The summed E-state index contributed by atoms with van der Waals surface area (Å²) in [6.45, 7) is 12.2. The zero-order chi connectivity index (χ0) is 20.8. The number of esters is 1. The maximum absolute atomic E-state index is 12.5. The zero-order valence-electron chi connectivity index (χ0n) is 16.8. The molecule has 0 radical (unpaired) electrons. The standard InChI is InChI=1S/C21H26ClN3O3/c1-6-24(11-14(2)3)18(26)13-28-21(27)19-16(5)23-25(20(19)22)12-17-9-7-15(4)8-10-17/h7-10H,2,6,11-13H2,1,3-5H3.